The minimum Gasteiger partial charge on any atom is -0.467 e. The van der Waals surface area contributed by atoms with Crippen molar-refractivity contribution in [3.05, 3.63) is 53.1 Å². The molecule has 180 valence electrons. The highest BCUT2D eigenvalue weighted by Gasteiger charge is 2.34. The number of ketones is 1. The molecule has 0 saturated carbocycles. The summed E-state index contributed by atoms with van der Waals surface area (Å²) in [6.07, 6.45) is 0. The molecule has 0 amide bonds. The van der Waals surface area contributed by atoms with E-state index in [1.807, 2.05) is 26.8 Å². The molecular weight excluding hydrogens is 444 g/mol. The average molecular weight is 477 g/mol. The van der Waals surface area contributed by atoms with Crippen molar-refractivity contribution in [3.8, 4) is 17.2 Å². The third-order valence-corrected chi connectivity index (χ3v) is 5.50. The van der Waals surface area contributed by atoms with Crippen molar-refractivity contribution in [1.82, 2.24) is 0 Å². The third-order valence-electron chi connectivity index (χ3n) is 4.56. The highest BCUT2D eigenvalue weighted by molar-refractivity contribution is 6.27. The fourth-order valence-corrected chi connectivity index (χ4v) is 3.69. The van der Waals surface area contributed by atoms with E-state index in [0.29, 0.717) is 16.9 Å². The predicted octanol–water partition coefficient (Wildman–Crippen LogP) is 4.17. The molecule has 0 aliphatic heterocycles. The molecule has 0 N–H and O–H groups in total. The first-order chi connectivity index (χ1) is 15.9. The van der Waals surface area contributed by atoms with Gasteiger partial charge >= 0.3 is 0 Å². The second-order valence-corrected chi connectivity index (χ2v) is 8.61. The molecule has 0 bridgehead atoms. The Morgan fingerprint density at radius 1 is 0.879 bits per heavy atom. The standard InChI is InChI=1S/C24H32O8Si/c1-7-33-32-24(2,3)18-13-19(29-14-26-4)20(21(25)17-11-9-8-10-12-17)23(31-16-28-6)22(18)30-15-27-5/h8-13H,7,14-16H2,1-6H3. The van der Waals surface area contributed by atoms with Crippen LogP contribution in [-0.2, 0) is 24.2 Å². The lowest BCUT2D eigenvalue weighted by molar-refractivity contribution is 0.0250. The number of hydrogen-bond acceptors (Lipinski definition) is 8. The summed E-state index contributed by atoms with van der Waals surface area (Å²) in [5, 5.41) is 0. The van der Waals surface area contributed by atoms with Gasteiger partial charge in [-0.15, -0.1) is 0 Å². The van der Waals surface area contributed by atoms with Crippen molar-refractivity contribution in [2.45, 2.75) is 32.4 Å². The second-order valence-electron chi connectivity index (χ2n) is 7.41. The Kier molecular flexibility index (Phi) is 10.8. The fourth-order valence-electron chi connectivity index (χ4n) is 3.07. The number of ether oxygens (including phenoxy) is 6. The number of carbonyl (C=O) groups excluding carboxylic acids is 1. The highest BCUT2D eigenvalue weighted by atomic mass is 28.2. The molecule has 0 aliphatic rings. The maximum absolute atomic E-state index is 13.6. The van der Waals surface area contributed by atoms with Crippen LogP contribution in [0.15, 0.2) is 36.4 Å². The summed E-state index contributed by atoms with van der Waals surface area (Å²) < 4.78 is 39.3. The molecule has 0 aromatic heterocycles. The molecule has 0 saturated heterocycles. The first-order valence-corrected chi connectivity index (χ1v) is 11.6. The fraction of sp³-hybridized carbons (Fsp3) is 0.458. The Hall–Kier alpha value is -2.43. The van der Waals surface area contributed by atoms with Gasteiger partial charge in [0.05, 0.1) is 5.60 Å². The van der Waals surface area contributed by atoms with Gasteiger partial charge in [-0.2, -0.15) is 0 Å². The van der Waals surface area contributed by atoms with Crippen LogP contribution < -0.4 is 14.2 Å². The van der Waals surface area contributed by atoms with Crippen LogP contribution >= 0.6 is 0 Å². The molecular formula is C24H32O8Si. The number of rotatable bonds is 15. The molecule has 2 aromatic rings. The van der Waals surface area contributed by atoms with Gasteiger partial charge in [0, 0.05) is 32.5 Å². The van der Waals surface area contributed by atoms with Crippen LogP contribution in [0.25, 0.3) is 0 Å². The summed E-state index contributed by atoms with van der Waals surface area (Å²) in [6, 6.07) is 11.5. The Labute approximate surface area is 198 Å². The Morgan fingerprint density at radius 2 is 1.45 bits per heavy atom. The van der Waals surface area contributed by atoms with Gasteiger partial charge in [0.15, 0.2) is 31.9 Å². The van der Waals surface area contributed by atoms with Crippen molar-refractivity contribution in [1.29, 1.82) is 0 Å². The summed E-state index contributed by atoms with van der Waals surface area (Å²) in [4.78, 5) is 13.6. The smallest absolute Gasteiger partial charge is 0.230 e. The van der Waals surface area contributed by atoms with Gasteiger partial charge in [-0.1, -0.05) is 37.3 Å². The van der Waals surface area contributed by atoms with Crippen molar-refractivity contribution in [3.63, 3.8) is 0 Å². The van der Waals surface area contributed by atoms with Crippen LogP contribution in [0.4, 0.5) is 0 Å². The van der Waals surface area contributed by atoms with Gasteiger partial charge in [0.1, 0.15) is 11.3 Å². The molecule has 2 radical (unpaired) electrons. The third kappa shape index (κ3) is 7.02. The first kappa shape index (κ1) is 26.8. The lowest BCUT2D eigenvalue weighted by Gasteiger charge is -2.30. The van der Waals surface area contributed by atoms with Crippen molar-refractivity contribution < 1.29 is 37.6 Å². The molecule has 0 fully saturated rings. The van der Waals surface area contributed by atoms with Gasteiger partial charge in [0.2, 0.25) is 15.5 Å². The number of hydrogen-bond donors (Lipinski definition) is 0. The largest absolute Gasteiger partial charge is 0.467 e. The van der Waals surface area contributed by atoms with E-state index in [1.165, 1.54) is 21.3 Å². The molecule has 8 nitrogen and oxygen atoms in total. The van der Waals surface area contributed by atoms with Crippen LogP contribution in [0.1, 0.15) is 42.3 Å². The molecule has 2 aromatic carbocycles. The maximum Gasteiger partial charge on any atom is 0.230 e. The van der Waals surface area contributed by atoms with E-state index in [2.05, 4.69) is 0 Å². The Morgan fingerprint density at radius 3 is 2.03 bits per heavy atom. The zero-order valence-electron chi connectivity index (χ0n) is 20.1. The van der Waals surface area contributed by atoms with Crippen LogP contribution in [0.5, 0.6) is 17.2 Å². The van der Waals surface area contributed by atoms with E-state index < -0.39 is 5.60 Å². The summed E-state index contributed by atoms with van der Waals surface area (Å²) in [6.45, 7) is 5.66. The molecule has 9 heteroatoms. The van der Waals surface area contributed by atoms with E-state index in [4.69, 9.17) is 32.8 Å². The lowest BCUT2D eigenvalue weighted by Crippen LogP contribution is -2.26. The zero-order chi connectivity index (χ0) is 24.3. The molecule has 0 atom stereocenters. The van der Waals surface area contributed by atoms with Gasteiger partial charge in [-0.3, -0.25) is 4.79 Å². The molecule has 0 unspecified atom stereocenters. The number of carbonyl (C=O) groups is 1. The SMILES string of the molecule is CC[Si]OC(C)(C)c1cc(OCOC)c(C(=O)c2ccccc2)c(OCOC)c1OCOC. The molecule has 0 aliphatic carbocycles. The second kappa shape index (κ2) is 13.3. The Balaban J connectivity index is 2.81. The summed E-state index contributed by atoms with van der Waals surface area (Å²) in [5.74, 6) is 0.496. The van der Waals surface area contributed by atoms with E-state index in [0.717, 1.165) is 6.04 Å². The van der Waals surface area contributed by atoms with Gasteiger partial charge in [-0.05, 0) is 26.0 Å². The molecule has 2 rings (SSSR count). The minimum atomic E-state index is -0.776. The summed E-state index contributed by atoms with van der Waals surface area (Å²) >= 11 is 0. The Bertz CT molecular complexity index is 886. The van der Waals surface area contributed by atoms with E-state index in [1.54, 1.807) is 30.3 Å². The van der Waals surface area contributed by atoms with Crippen molar-refractivity contribution in [2.75, 3.05) is 41.7 Å². The molecule has 33 heavy (non-hydrogen) atoms. The zero-order valence-corrected chi connectivity index (χ0v) is 21.1. The van der Waals surface area contributed by atoms with Crippen LogP contribution in [0.3, 0.4) is 0 Å². The van der Waals surface area contributed by atoms with Crippen LogP contribution in [-0.4, -0.2) is 57.3 Å². The van der Waals surface area contributed by atoms with E-state index >= 15 is 0 Å². The maximum atomic E-state index is 13.6. The van der Waals surface area contributed by atoms with Crippen LogP contribution in [0.2, 0.25) is 6.04 Å². The van der Waals surface area contributed by atoms with Gasteiger partial charge in [0.25, 0.3) is 0 Å². The average Bonchev–Trinajstić information content (AvgIpc) is 2.83. The number of methoxy groups -OCH3 is 3. The highest BCUT2D eigenvalue weighted by Crippen LogP contribution is 2.47. The van der Waals surface area contributed by atoms with Crippen molar-refractivity contribution >= 4 is 15.5 Å². The monoisotopic (exact) mass is 476 g/mol. The van der Waals surface area contributed by atoms with Gasteiger partial charge < -0.3 is 32.8 Å². The first-order valence-electron chi connectivity index (χ1n) is 10.5. The van der Waals surface area contributed by atoms with Crippen LogP contribution in [0, 0.1) is 0 Å². The summed E-state index contributed by atoms with van der Waals surface area (Å²) in [7, 11) is 4.79. The topological polar surface area (TPSA) is 81.7 Å². The van der Waals surface area contributed by atoms with E-state index in [-0.39, 0.29) is 53.0 Å². The minimum absolute atomic E-state index is 0.0558. The molecule has 0 spiro atoms. The number of benzene rings is 2. The quantitative estimate of drug-likeness (QED) is 0.215. The van der Waals surface area contributed by atoms with Crippen molar-refractivity contribution in [2.24, 2.45) is 0 Å². The predicted molar refractivity (Wildman–Crippen MR) is 124 cm³/mol. The lowest BCUT2D eigenvalue weighted by atomic mass is 9.92. The van der Waals surface area contributed by atoms with Gasteiger partial charge in [-0.25, -0.2) is 0 Å². The molecule has 0 heterocycles. The normalized spacial score (nSPS) is 11.3. The van der Waals surface area contributed by atoms with E-state index in [9.17, 15) is 4.79 Å². The summed E-state index contributed by atoms with van der Waals surface area (Å²) in [5.41, 5.74) is 0.527.